The first-order chi connectivity index (χ1) is 8.68. The van der Waals surface area contributed by atoms with Gasteiger partial charge in [-0.15, -0.1) is 0 Å². The highest BCUT2D eigenvalue weighted by molar-refractivity contribution is 6.38. The number of carbonyl (C=O) groups is 1. The van der Waals surface area contributed by atoms with E-state index in [0.717, 1.165) is 31.7 Å². The van der Waals surface area contributed by atoms with Gasteiger partial charge in [-0.1, -0.05) is 23.2 Å². The molecular weight excluding hydrogens is 273 g/mol. The molecule has 96 valence electrons. The Morgan fingerprint density at radius 3 is 2.83 bits per heavy atom. The summed E-state index contributed by atoms with van der Waals surface area (Å²) in [4.78, 5) is 14.3. The van der Waals surface area contributed by atoms with E-state index in [1.165, 1.54) is 0 Å². The molecule has 0 bridgehead atoms. The van der Waals surface area contributed by atoms with Gasteiger partial charge in [0.1, 0.15) is 6.17 Å². The molecule has 1 aromatic carbocycles. The number of hydrogen-bond donors (Lipinski definition) is 2. The molecule has 1 atom stereocenters. The Labute approximate surface area is 115 Å². The van der Waals surface area contributed by atoms with Gasteiger partial charge in [-0.3, -0.25) is 4.79 Å². The number of carbonyl (C=O) groups excluding carboxylic acids is 1. The molecule has 0 radical (unpaired) electrons. The van der Waals surface area contributed by atoms with Crippen molar-refractivity contribution in [3.63, 3.8) is 0 Å². The quantitative estimate of drug-likeness (QED) is 0.765. The van der Waals surface area contributed by atoms with Crippen LogP contribution in [0.2, 0.25) is 10.0 Å². The third-order valence-electron chi connectivity index (χ3n) is 3.39. The fourth-order valence-electron chi connectivity index (χ4n) is 2.55. The van der Waals surface area contributed by atoms with Crippen LogP contribution in [0.25, 0.3) is 0 Å². The van der Waals surface area contributed by atoms with Gasteiger partial charge < -0.3 is 15.5 Å². The summed E-state index contributed by atoms with van der Waals surface area (Å²) in [6.45, 7) is 2.56. The zero-order valence-corrected chi connectivity index (χ0v) is 11.2. The van der Waals surface area contributed by atoms with Gasteiger partial charge in [-0.2, -0.15) is 0 Å². The number of rotatable bonds is 0. The zero-order valence-electron chi connectivity index (χ0n) is 9.67. The van der Waals surface area contributed by atoms with E-state index in [2.05, 4.69) is 15.5 Å². The summed E-state index contributed by atoms with van der Waals surface area (Å²) in [5, 5.41) is 7.33. The van der Waals surface area contributed by atoms with Crippen molar-refractivity contribution in [3.8, 4) is 0 Å². The van der Waals surface area contributed by atoms with E-state index >= 15 is 0 Å². The first kappa shape index (κ1) is 12.1. The second kappa shape index (κ2) is 4.61. The van der Waals surface area contributed by atoms with Crippen molar-refractivity contribution >= 4 is 34.8 Å². The number of benzene rings is 1. The Morgan fingerprint density at radius 1 is 1.22 bits per heavy atom. The molecule has 18 heavy (non-hydrogen) atoms. The molecule has 2 aliphatic rings. The Hall–Kier alpha value is -0.970. The van der Waals surface area contributed by atoms with Crippen molar-refractivity contribution in [1.29, 1.82) is 0 Å². The van der Waals surface area contributed by atoms with Crippen LogP contribution in [0.3, 0.4) is 0 Å². The molecule has 0 saturated carbocycles. The van der Waals surface area contributed by atoms with Crippen molar-refractivity contribution < 1.29 is 4.79 Å². The number of hydrogen-bond acceptors (Lipinski definition) is 3. The van der Waals surface area contributed by atoms with E-state index in [9.17, 15) is 4.79 Å². The molecule has 4 nitrogen and oxygen atoms in total. The van der Waals surface area contributed by atoms with E-state index in [-0.39, 0.29) is 12.1 Å². The summed E-state index contributed by atoms with van der Waals surface area (Å²) in [5.74, 6) is -0.138. The van der Waals surface area contributed by atoms with E-state index in [1.807, 2.05) is 0 Å². The minimum Gasteiger partial charge on any atom is -0.348 e. The maximum atomic E-state index is 12.1. The predicted octanol–water partition coefficient (Wildman–Crippen LogP) is 1.86. The lowest BCUT2D eigenvalue weighted by molar-refractivity contribution is 0.0926. The Bertz CT molecular complexity index is 506. The van der Waals surface area contributed by atoms with Crippen LogP contribution < -0.4 is 15.5 Å². The van der Waals surface area contributed by atoms with Crippen LogP contribution in [0, 0.1) is 0 Å². The lowest BCUT2D eigenvalue weighted by atomic mass is 10.1. The summed E-state index contributed by atoms with van der Waals surface area (Å²) in [5.41, 5.74) is 1.25. The Kier molecular flexibility index (Phi) is 3.09. The van der Waals surface area contributed by atoms with Crippen LogP contribution in [-0.2, 0) is 0 Å². The van der Waals surface area contributed by atoms with Gasteiger partial charge in [0.05, 0.1) is 21.3 Å². The summed E-state index contributed by atoms with van der Waals surface area (Å²) in [6, 6.07) is 3.41. The molecule has 0 unspecified atom stereocenters. The summed E-state index contributed by atoms with van der Waals surface area (Å²) in [7, 11) is 0. The molecule has 6 heteroatoms. The maximum Gasteiger partial charge on any atom is 0.256 e. The standard InChI is InChI=1S/C12H13Cl2N3O/c13-7-1-2-8(14)11-10(7)12(18)16-9-3-4-15-5-6-17(9)11/h1-2,9,15H,3-6H2,(H,16,18)/t9-/m1/s1. The first-order valence-corrected chi connectivity index (χ1v) is 6.70. The van der Waals surface area contributed by atoms with E-state index in [4.69, 9.17) is 23.2 Å². The van der Waals surface area contributed by atoms with Gasteiger partial charge in [0, 0.05) is 13.1 Å². The summed E-state index contributed by atoms with van der Waals surface area (Å²) in [6.07, 6.45) is 0.851. The minimum absolute atomic E-state index is 0.00373. The van der Waals surface area contributed by atoms with E-state index in [1.54, 1.807) is 12.1 Å². The van der Waals surface area contributed by atoms with Crippen LogP contribution in [0.4, 0.5) is 5.69 Å². The molecule has 0 spiro atoms. The predicted molar refractivity (Wildman–Crippen MR) is 72.5 cm³/mol. The van der Waals surface area contributed by atoms with Crippen LogP contribution >= 0.6 is 23.2 Å². The molecule has 2 heterocycles. The second-order valence-electron chi connectivity index (χ2n) is 4.47. The third-order valence-corrected chi connectivity index (χ3v) is 4.01. The van der Waals surface area contributed by atoms with Gasteiger partial charge in [-0.25, -0.2) is 0 Å². The van der Waals surface area contributed by atoms with Gasteiger partial charge in [-0.05, 0) is 25.1 Å². The van der Waals surface area contributed by atoms with Gasteiger partial charge in [0.25, 0.3) is 5.91 Å². The lowest BCUT2D eigenvalue weighted by Gasteiger charge is -2.38. The molecule has 1 saturated heterocycles. The van der Waals surface area contributed by atoms with Crippen molar-refractivity contribution in [2.24, 2.45) is 0 Å². The number of anilines is 1. The smallest absolute Gasteiger partial charge is 0.256 e. The third kappa shape index (κ3) is 1.85. The van der Waals surface area contributed by atoms with Crippen molar-refractivity contribution in [1.82, 2.24) is 10.6 Å². The largest absolute Gasteiger partial charge is 0.348 e. The van der Waals surface area contributed by atoms with Gasteiger partial charge in [0.15, 0.2) is 0 Å². The highest BCUT2D eigenvalue weighted by Gasteiger charge is 2.34. The van der Waals surface area contributed by atoms with Crippen LogP contribution in [0.15, 0.2) is 12.1 Å². The SMILES string of the molecule is O=C1N[C@H]2CCNCCN2c2c(Cl)ccc(Cl)c21. The summed E-state index contributed by atoms with van der Waals surface area (Å²) >= 11 is 12.4. The van der Waals surface area contributed by atoms with Crippen molar-refractivity contribution in [2.75, 3.05) is 24.5 Å². The second-order valence-corrected chi connectivity index (χ2v) is 5.29. The van der Waals surface area contributed by atoms with Crippen molar-refractivity contribution in [2.45, 2.75) is 12.6 Å². The highest BCUT2D eigenvalue weighted by Crippen LogP contribution is 2.38. The number of amides is 1. The Morgan fingerprint density at radius 2 is 2.00 bits per heavy atom. The first-order valence-electron chi connectivity index (χ1n) is 5.94. The summed E-state index contributed by atoms with van der Waals surface area (Å²) < 4.78 is 0. The fourth-order valence-corrected chi connectivity index (χ4v) is 3.06. The van der Waals surface area contributed by atoms with Gasteiger partial charge in [0.2, 0.25) is 0 Å². The molecule has 2 N–H and O–H groups in total. The molecule has 0 aromatic heterocycles. The number of nitrogens with zero attached hydrogens (tertiary/aromatic N) is 1. The molecule has 0 aliphatic carbocycles. The average molecular weight is 286 g/mol. The highest BCUT2D eigenvalue weighted by atomic mass is 35.5. The normalized spacial score (nSPS) is 22.9. The zero-order chi connectivity index (χ0) is 12.7. The number of fused-ring (bicyclic) bond motifs is 3. The van der Waals surface area contributed by atoms with E-state index < -0.39 is 0 Å². The molecule has 1 aromatic rings. The van der Waals surface area contributed by atoms with Crippen LogP contribution in [0.5, 0.6) is 0 Å². The van der Waals surface area contributed by atoms with Crippen molar-refractivity contribution in [3.05, 3.63) is 27.7 Å². The molecular formula is C12H13Cl2N3O. The van der Waals surface area contributed by atoms with Crippen LogP contribution in [-0.4, -0.2) is 31.7 Å². The number of halogens is 2. The molecule has 1 fully saturated rings. The minimum atomic E-state index is -0.138. The Balaban J connectivity index is 2.15. The van der Waals surface area contributed by atoms with Gasteiger partial charge >= 0.3 is 0 Å². The average Bonchev–Trinajstić information content (AvgIpc) is 2.58. The molecule has 2 aliphatic heterocycles. The topological polar surface area (TPSA) is 44.4 Å². The molecule has 1 amide bonds. The lowest BCUT2D eigenvalue weighted by Crippen LogP contribution is -2.53. The fraction of sp³-hybridized carbons (Fsp3) is 0.417. The maximum absolute atomic E-state index is 12.1. The monoisotopic (exact) mass is 285 g/mol. The van der Waals surface area contributed by atoms with E-state index in [0.29, 0.717) is 15.6 Å². The molecule has 3 rings (SSSR count). The van der Waals surface area contributed by atoms with Crippen LogP contribution in [0.1, 0.15) is 16.8 Å². The number of nitrogens with one attached hydrogen (secondary N) is 2.